The Morgan fingerprint density at radius 2 is 1.03 bits per heavy atom. The van der Waals surface area contributed by atoms with Crippen LogP contribution in [0.25, 0.3) is 0 Å². The average Bonchev–Trinajstić information content (AvgIpc) is 1.67. The van der Waals surface area contributed by atoms with E-state index in [2.05, 4.69) is 109 Å². The molecule has 2 saturated carbocycles. The minimum atomic E-state index is -0.640. The largest absolute Gasteiger partial charge is 0.352 e. The van der Waals surface area contributed by atoms with Gasteiger partial charge in [0, 0.05) is 127 Å². The van der Waals surface area contributed by atoms with Crippen LogP contribution in [0.15, 0.2) is 94.9 Å². The maximum Gasteiger partial charge on any atom is 0.318 e. The summed E-state index contributed by atoms with van der Waals surface area (Å²) in [6.45, 7) is 9.01. The van der Waals surface area contributed by atoms with Gasteiger partial charge in [-0.1, -0.05) is 88.7 Å². The van der Waals surface area contributed by atoms with Crippen LogP contribution in [0, 0.1) is 13.8 Å². The molecule has 2 saturated heterocycles. The molecule has 2 aromatic carbocycles. The van der Waals surface area contributed by atoms with Crippen molar-refractivity contribution in [1.82, 2.24) is 69.9 Å². The van der Waals surface area contributed by atoms with Gasteiger partial charge in [-0.25, -0.2) is 19.6 Å². The van der Waals surface area contributed by atoms with Gasteiger partial charge in [0.15, 0.2) is 0 Å². The van der Waals surface area contributed by atoms with Gasteiger partial charge in [-0.15, -0.1) is 0 Å². The van der Waals surface area contributed by atoms with Gasteiger partial charge in [-0.2, -0.15) is 0 Å². The molecular formula is C66H86Br2Cl2N14O4. The molecule has 4 aromatic heterocycles. The minimum absolute atomic E-state index is 0. The molecule has 12 rings (SSSR count). The molecule has 6 heterocycles. The molecule has 22 heteroatoms. The lowest BCUT2D eigenvalue weighted by Crippen LogP contribution is -2.63. The zero-order chi connectivity index (χ0) is 59.8. The Morgan fingerprint density at radius 1 is 0.568 bits per heavy atom. The number of urea groups is 2. The first-order valence-corrected chi connectivity index (χ1v) is 33.0. The third-order valence-electron chi connectivity index (χ3n) is 18.1. The molecule has 472 valence electrons. The monoisotopic (exact) mass is 1370 g/mol. The van der Waals surface area contributed by atoms with E-state index in [0.717, 1.165) is 120 Å². The molecule has 6 aliphatic rings. The van der Waals surface area contributed by atoms with Crippen LogP contribution >= 0.6 is 55.1 Å². The normalized spacial score (nSPS) is 20.6. The first-order valence-electron chi connectivity index (χ1n) is 30.7. The number of fused-ring (bicyclic) bond motifs is 4. The SMILES string of the molecule is C.C.Cc1cn(CCNC(=O)[C@H]2CN(C3c4ccc(Cl)cc4CCc4cc(Br)cnc43)CCN2C(=O)NC2CCCCC2)cn1.Cc1cncn1CCNC(=O)[C@H]1CN(C2c3ccc(Cl)cc3CCc3cc(Br)cnc32)CCN1C(=O)NC1CCCCC1. The number of amides is 6. The Labute approximate surface area is 546 Å². The van der Waals surface area contributed by atoms with Crippen molar-refractivity contribution < 1.29 is 19.2 Å². The fourth-order valence-electron chi connectivity index (χ4n) is 13.6. The number of imidazole rings is 2. The third kappa shape index (κ3) is 16.0. The van der Waals surface area contributed by atoms with E-state index in [1.54, 1.807) is 28.7 Å². The predicted molar refractivity (Wildman–Crippen MR) is 354 cm³/mol. The number of carbonyl (C=O) groups excluding carboxylic acids is 4. The van der Waals surface area contributed by atoms with Crippen molar-refractivity contribution in [3.63, 3.8) is 0 Å². The summed E-state index contributed by atoms with van der Waals surface area (Å²) >= 11 is 20.1. The Morgan fingerprint density at radius 3 is 1.48 bits per heavy atom. The van der Waals surface area contributed by atoms with Crippen LogP contribution in [-0.4, -0.2) is 149 Å². The van der Waals surface area contributed by atoms with Crippen molar-refractivity contribution in [3.05, 3.63) is 161 Å². The molecule has 4 aliphatic carbocycles. The number of nitrogens with zero attached hydrogens (tertiary/aromatic N) is 10. The number of carbonyl (C=O) groups is 4. The van der Waals surface area contributed by atoms with Gasteiger partial charge in [0.1, 0.15) is 12.1 Å². The molecule has 6 amide bonds. The maximum atomic E-state index is 13.9. The highest BCUT2D eigenvalue weighted by atomic mass is 79.9. The fourth-order valence-corrected chi connectivity index (χ4v) is 14.8. The highest BCUT2D eigenvalue weighted by molar-refractivity contribution is 9.10. The van der Waals surface area contributed by atoms with Gasteiger partial charge >= 0.3 is 12.1 Å². The van der Waals surface area contributed by atoms with E-state index in [-0.39, 0.29) is 62.9 Å². The molecule has 2 unspecified atom stereocenters. The molecule has 18 nitrogen and oxygen atoms in total. The van der Waals surface area contributed by atoms with E-state index < -0.39 is 12.1 Å². The molecule has 88 heavy (non-hydrogen) atoms. The van der Waals surface area contributed by atoms with E-state index in [1.807, 2.05) is 53.7 Å². The number of rotatable bonds is 12. The lowest BCUT2D eigenvalue weighted by Gasteiger charge is -2.44. The van der Waals surface area contributed by atoms with Gasteiger partial charge in [-0.05, 0) is 167 Å². The van der Waals surface area contributed by atoms with Gasteiger partial charge in [0.05, 0.1) is 41.8 Å². The molecule has 0 spiro atoms. The van der Waals surface area contributed by atoms with Gasteiger partial charge in [0.25, 0.3) is 0 Å². The second-order valence-electron chi connectivity index (χ2n) is 23.9. The summed E-state index contributed by atoms with van der Waals surface area (Å²) in [5.41, 5.74) is 11.0. The van der Waals surface area contributed by atoms with Crippen LogP contribution in [0.4, 0.5) is 9.59 Å². The topological polar surface area (TPSA) is 191 Å². The first-order chi connectivity index (χ1) is 41.7. The van der Waals surface area contributed by atoms with Crippen molar-refractivity contribution in [1.29, 1.82) is 0 Å². The zero-order valence-corrected chi connectivity index (χ0v) is 53.8. The van der Waals surface area contributed by atoms with Crippen LogP contribution in [-0.2, 0) is 48.4 Å². The van der Waals surface area contributed by atoms with E-state index in [0.29, 0.717) is 75.5 Å². The number of benzene rings is 2. The highest BCUT2D eigenvalue weighted by Crippen LogP contribution is 2.41. The van der Waals surface area contributed by atoms with Crippen LogP contribution in [0.1, 0.15) is 147 Å². The molecule has 4 atom stereocenters. The number of nitrogens with one attached hydrogen (secondary N) is 4. The minimum Gasteiger partial charge on any atom is -0.352 e. The Balaban J connectivity index is 0.000000205. The van der Waals surface area contributed by atoms with Crippen molar-refractivity contribution in [2.75, 3.05) is 52.4 Å². The quantitative estimate of drug-likeness (QED) is 0.0917. The summed E-state index contributed by atoms with van der Waals surface area (Å²) in [6, 6.07) is 15.0. The van der Waals surface area contributed by atoms with Crippen molar-refractivity contribution in [2.24, 2.45) is 0 Å². The molecule has 6 aromatic rings. The predicted octanol–water partition coefficient (Wildman–Crippen LogP) is 11.3. The van der Waals surface area contributed by atoms with Gasteiger partial charge in [-0.3, -0.25) is 29.4 Å². The van der Waals surface area contributed by atoms with Crippen molar-refractivity contribution >= 4 is 78.9 Å². The molecule has 0 bridgehead atoms. The Bertz CT molecular complexity index is 3280. The summed E-state index contributed by atoms with van der Waals surface area (Å²) in [4.78, 5) is 81.5. The number of piperazine rings is 2. The Hall–Kier alpha value is -5.90. The van der Waals surface area contributed by atoms with Gasteiger partial charge < -0.3 is 40.2 Å². The van der Waals surface area contributed by atoms with E-state index in [1.165, 1.54) is 35.1 Å². The number of hydrogen-bond donors (Lipinski definition) is 4. The summed E-state index contributed by atoms with van der Waals surface area (Å²) < 4.78 is 5.87. The zero-order valence-electron chi connectivity index (χ0n) is 49.1. The smallest absolute Gasteiger partial charge is 0.318 e. The number of aryl methyl sites for hydroxylation is 6. The lowest BCUT2D eigenvalue weighted by molar-refractivity contribution is -0.128. The van der Waals surface area contributed by atoms with Crippen LogP contribution in [0.5, 0.6) is 0 Å². The van der Waals surface area contributed by atoms with Crippen LogP contribution in [0.3, 0.4) is 0 Å². The van der Waals surface area contributed by atoms with E-state index in [9.17, 15) is 19.2 Å². The number of hydrogen-bond acceptors (Lipinski definition) is 10. The molecule has 4 N–H and O–H groups in total. The molecular weight excluding hydrogens is 1280 g/mol. The number of aromatic nitrogens is 6. The second kappa shape index (κ2) is 30.7. The lowest BCUT2D eigenvalue weighted by atomic mass is 9.95. The summed E-state index contributed by atoms with van der Waals surface area (Å²) in [5, 5.41) is 14.2. The van der Waals surface area contributed by atoms with Crippen molar-refractivity contribution in [2.45, 2.75) is 168 Å². The molecule has 4 fully saturated rings. The Kier molecular flexibility index (Phi) is 23.2. The van der Waals surface area contributed by atoms with Crippen molar-refractivity contribution in [3.8, 4) is 0 Å². The van der Waals surface area contributed by atoms with Crippen LogP contribution in [0.2, 0.25) is 10.0 Å². The average molecular weight is 1370 g/mol. The summed E-state index contributed by atoms with van der Waals surface area (Å²) in [5.74, 6) is -0.288. The standard InChI is InChI=1S/2C32H39BrClN7O2.2CH4/c1-21-18-39(20-37-21)12-11-35-31(42)28-19-40(13-14-41(28)32(43)38-26-5-3-2-4-6-26)30-27-10-9-25(34)16-22(27)7-8-23-15-24(33)17-36-29(23)30;1-21-17-35-20-40(21)12-11-36-31(42)28-19-39(13-14-41(28)32(43)38-26-5-3-2-4-6-26)30-27-10-9-25(34)16-22(27)7-8-23-15-24(33)18-37-29(23)30;;/h9-10,15-18,20,26,28,30H,2-8,11-14,19H2,1H3,(H,35,42)(H,38,43);9-10,15-18,20,26,28,30H,2-8,11-14,19H2,1H3,(H,36,42)(H,38,43);2*1H4/t2*28-,30?;;/m11../s1. The van der Waals surface area contributed by atoms with E-state index >= 15 is 0 Å². The van der Waals surface area contributed by atoms with E-state index in [4.69, 9.17) is 33.2 Å². The van der Waals surface area contributed by atoms with Crippen LogP contribution < -0.4 is 21.3 Å². The maximum absolute atomic E-state index is 13.9. The highest BCUT2D eigenvalue weighted by Gasteiger charge is 2.43. The number of pyridine rings is 2. The van der Waals surface area contributed by atoms with Gasteiger partial charge in [0.2, 0.25) is 11.8 Å². The second-order valence-corrected chi connectivity index (χ2v) is 26.6. The molecule has 0 radical (unpaired) electrons. The molecule has 2 aliphatic heterocycles. The fraction of sp³-hybridized carbons (Fsp3) is 0.515. The summed E-state index contributed by atoms with van der Waals surface area (Å²) in [6.07, 6.45) is 25.3. The third-order valence-corrected chi connectivity index (χ3v) is 19.5. The first kappa shape index (κ1) is 66.5. The number of halogens is 4. The summed E-state index contributed by atoms with van der Waals surface area (Å²) in [7, 11) is 0.